The molecule has 2 aromatic heterocycles. The molecule has 0 saturated carbocycles. The molecule has 1 aliphatic heterocycles. The number of fused-ring (bicyclic) bond motifs is 1. The first-order valence-corrected chi connectivity index (χ1v) is 9.72. The van der Waals surface area contributed by atoms with Crippen LogP contribution in [0.25, 0.3) is 0 Å². The number of imidazole rings is 1. The number of aryl methyl sites for hydroxylation is 2. The number of nitrogens with one attached hydrogen (secondary N) is 2. The van der Waals surface area contributed by atoms with Gasteiger partial charge in [-0.3, -0.25) is 14.7 Å². The Morgan fingerprint density at radius 1 is 1.21 bits per heavy atom. The Hall–Kier alpha value is -2.99. The first-order chi connectivity index (χ1) is 13.6. The molecule has 2 N–H and O–H groups in total. The van der Waals surface area contributed by atoms with Gasteiger partial charge in [0.05, 0.1) is 5.69 Å². The van der Waals surface area contributed by atoms with Crippen molar-refractivity contribution in [3.8, 4) is 0 Å². The number of rotatable bonds is 5. The lowest BCUT2D eigenvalue weighted by atomic mass is 9.98. The summed E-state index contributed by atoms with van der Waals surface area (Å²) in [6.07, 6.45) is 5.18. The lowest BCUT2D eigenvalue weighted by Crippen LogP contribution is -2.30. The molecule has 0 radical (unpaired) electrons. The van der Waals surface area contributed by atoms with Crippen LogP contribution in [0.2, 0.25) is 0 Å². The molecule has 0 spiro atoms. The minimum atomic E-state index is -0.116. The first kappa shape index (κ1) is 18.4. The number of hydrogen-bond donors (Lipinski definition) is 2. The molecule has 0 unspecified atom stereocenters. The van der Waals surface area contributed by atoms with Gasteiger partial charge in [-0.2, -0.15) is 0 Å². The Balaban J connectivity index is 1.46. The maximum absolute atomic E-state index is 12.4. The average molecular weight is 375 g/mol. The lowest BCUT2D eigenvalue weighted by Gasteiger charge is -2.28. The molecule has 4 rings (SSSR count). The van der Waals surface area contributed by atoms with Crippen LogP contribution in [-0.4, -0.2) is 32.3 Å². The number of carbonyl (C=O) groups excluding carboxylic acids is 1. The molecule has 28 heavy (non-hydrogen) atoms. The number of nitrogens with zero attached hydrogens (tertiary/aromatic N) is 3. The van der Waals surface area contributed by atoms with Crippen molar-refractivity contribution in [1.29, 1.82) is 0 Å². The molecule has 1 aliphatic rings. The molecule has 0 bridgehead atoms. The van der Waals surface area contributed by atoms with E-state index in [2.05, 4.69) is 46.2 Å². The molecule has 0 fully saturated rings. The van der Waals surface area contributed by atoms with Gasteiger partial charge in [0.25, 0.3) is 5.91 Å². The predicted molar refractivity (Wildman–Crippen MR) is 109 cm³/mol. The van der Waals surface area contributed by atoms with Gasteiger partial charge in [-0.1, -0.05) is 13.0 Å². The Morgan fingerprint density at radius 3 is 2.79 bits per heavy atom. The van der Waals surface area contributed by atoms with Gasteiger partial charge in [-0.15, -0.1) is 0 Å². The van der Waals surface area contributed by atoms with Crippen molar-refractivity contribution in [3.05, 3.63) is 76.6 Å². The highest BCUT2D eigenvalue weighted by Gasteiger charge is 2.19. The topological polar surface area (TPSA) is 73.9 Å². The third-order valence-electron chi connectivity index (χ3n) is 5.24. The highest BCUT2D eigenvalue weighted by Crippen LogP contribution is 2.24. The summed E-state index contributed by atoms with van der Waals surface area (Å²) in [6, 6.07) is 9.64. The van der Waals surface area contributed by atoms with E-state index in [9.17, 15) is 4.79 Å². The molecule has 1 aromatic carbocycles. The maximum Gasteiger partial charge on any atom is 0.255 e. The van der Waals surface area contributed by atoms with Crippen LogP contribution in [0.3, 0.4) is 0 Å². The molecule has 144 valence electrons. The summed E-state index contributed by atoms with van der Waals surface area (Å²) >= 11 is 0. The van der Waals surface area contributed by atoms with E-state index in [1.54, 1.807) is 24.5 Å². The van der Waals surface area contributed by atoms with Crippen molar-refractivity contribution < 1.29 is 4.79 Å². The molecular formula is C22H25N5O. The van der Waals surface area contributed by atoms with E-state index in [1.165, 1.54) is 11.1 Å². The number of anilines is 1. The maximum atomic E-state index is 12.4. The van der Waals surface area contributed by atoms with Crippen LogP contribution in [0.15, 0.2) is 42.7 Å². The van der Waals surface area contributed by atoms with E-state index in [1.807, 2.05) is 6.07 Å². The van der Waals surface area contributed by atoms with Crippen molar-refractivity contribution in [3.63, 3.8) is 0 Å². The zero-order valence-corrected chi connectivity index (χ0v) is 16.3. The molecule has 0 atom stereocenters. The Kier molecular flexibility index (Phi) is 5.21. The fourth-order valence-electron chi connectivity index (χ4n) is 3.63. The number of aromatic amines is 1. The fourth-order valence-corrected chi connectivity index (χ4v) is 3.63. The molecule has 6 nitrogen and oxygen atoms in total. The predicted octanol–water partition coefficient (Wildman–Crippen LogP) is 3.49. The smallest absolute Gasteiger partial charge is 0.255 e. The number of amides is 1. The summed E-state index contributed by atoms with van der Waals surface area (Å²) in [6.45, 7) is 6.92. The SMILES string of the molecule is CCc1nc(CN2CCc3ccc(NC(=O)c4ccncc4)cc3C2)c(C)[nH]1. The van der Waals surface area contributed by atoms with E-state index in [4.69, 9.17) is 4.98 Å². The molecule has 1 amide bonds. The largest absolute Gasteiger partial charge is 0.346 e. The van der Waals surface area contributed by atoms with Gasteiger partial charge in [-0.25, -0.2) is 4.98 Å². The van der Waals surface area contributed by atoms with E-state index in [0.717, 1.165) is 55.4 Å². The minimum Gasteiger partial charge on any atom is -0.346 e. The standard InChI is InChI=1S/C22H25N5O/c1-3-21-24-15(2)20(26-21)14-27-11-8-16-4-5-19(12-18(16)13-27)25-22(28)17-6-9-23-10-7-17/h4-7,9-10,12H,3,8,11,13-14H2,1-2H3,(H,24,26)(H,25,28). The summed E-state index contributed by atoms with van der Waals surface area (Å²) in [5.41, 5.74) is 6.33. The number of hydrogen-bond acceptors (Lipinski definition) is 4. The van der Waals surface area contributed by atoms with Crippen LogP contribution in [0.4, 0.5) is 5.69 Å². The summed E-state index contributed by atoms with van der Waals surface area (Å²) < 4.78 is 0. The van der Waals surface area contributed by atoms with E-state index < -0.39 is 0 Å². The van der Waals surface area contributed by atoms with Crippen LogP contribution in [-0.2, 0) is 25.9 Å². The number of carbonyl (C=O) groups is 1. The Morgan fingerprint density at radius 2 is 2.04 bits per heavy atom. The highest BCUT2D eigenvalue weighted by atomic mass is 16.1. The van der Waals surface area contributed by atoms with Crippen LogP contribution >= 0.6 is 0 Å². The van der Waals surface area contributed by atoms with Gasteiger partial charge in [0, 0.05) is 55.4 Å². The van der Waals surface area contributed by atoms with Crippen molar-refractivity contribution >= 4 is 11.6 Å². The zero-order valence-electron chi connectivity index (χ0n) is 16.3. The highest BCUT2D eigenvalue weighted by molar-refractivity contribution is 6.04. The average Bonchev–Trinajstić information content (AvgIpc) is 3.08. The van der Waals surface area contributed by atoms with Gasteiger partial charge in [0.2, 0.25) is 0 Å². The first-order valence-electron chi connectivity index (χ1n) is 9.72. The molecule has 0 saturated heterocycles. The minimum absolute atomic E-state index is 0.116. The van der Waals surface area contributed by atoms with Crippen LogP contribution in [0.5, 0.6) is 0 Å². The van der Waals surface area contributed by atoms with Gasteiger partial charge in [0.15, 0.2) is 0 Å². The van der Waals surface area contributed by atoms with E-state index >= 15 is 0 Å². The van der Waals surface area contributed by atoms with Crippen molar-refractivity contribution in [2.75, 3.05) is 11.9 Å². The molecule has 0 aliphatic carbocycles. The number of pyridine rings is 1. The lowest BCUT2D eigenvalue weighted by molar-refractivity contribution is 0.102. The van der Waals surface area contributed by atoms with Crippen molar-refractivity contribution in [2.45, 2.75) is 39.8 Å². The molecular weight excluding hydrogens is 350 g/mol. The van der Waals surface area contributed by atoms with Gasteiger partial charge >= 0.3 is 0 Å². The normalized spacial score (nSPS) is 13.9. The summed E-state index contributed by atoms with van der Waals surface area (Å²) in [4.78, 5) is 26.8. The zero-order chi connectivity index (χ0) is 19.5. The van der Waals surface area contributed by atoms with Gasteiger partial charge in [-0.05, 0) is 48.7 Å². The third kappa shape index (κ3) is 3.97. The van der Waals surface area contributed by atoms with Crippen molar-refractivity contribution in [1.82, 2.24) is 19.9 Å². The Bertz CT molecular complexity index is 980. The summed E-state index contributed by atoms with van der Waals surface area (Å²) in [5, 5.41) is 2.99. The Labute approximate surface area is 165 Å². The van der Waals surface area contributed by atoms with Crippen LogP contribution in [0.1, 0.15) is 45.6 Å². The van der Waals surface area contributed by atoms with Crippen molar-refractivity contribution in [2.24, 2.45) is 0 Å². The van der Waals surface area contributed by atoms with Crippen LogP contribution in [0, 0.1) is 6.92 Å². The number of H-pyrrole nitrogens is 1. The fraction of sp³-hybridized carbons (Fsp3) is 0.318. The molecule has 3 aromatic rings. The molecule has 6 heteroatoms. The second kappa shape index (κ2) is 7.94. The number of benzene rings is 1. The molecule has 3 heterocycles. The summed E-state index contributed by atoms with van der Waals surface area (Å²) in [7, 11) is 0. The van der Waals surface area contributed by atoms with Crippen LogP contribution < -0.4 is 5.32 Å². The summed E-state index contributed by atoms with van der Waals surface area (Å²) in [5.74, 6) is 0.931. The van der Waals surface area contributed by atoms with Gasteiger partial charge < -0.3 is 10.3 Å². The second-order valence-corrected chi connectivity index (χ2v) is 7.24. The number of aromatic nitrogens is 3. The third-order valence-corrected chi connectivity index (χ3v) is 5.24. The van der Waals surface area contributed by atoms with E-state index in [-0.39, 0.29) is 5.91 Å². The quantitative estimate of drug-likeness (QED) is 0.716. The second-order valence-electron chi connectivity index (χ2n) is 7.24. The monoisotopic (exact) mass is 375 g/mol. The van der Waals surface area contributed by atoms with Gasteiger partial charge in [0.1, 0.15) is 5.82 Å². The van der Waals surface area contributed by atoms with E-state index in [0.29, 0.717) is 5.56 Å².